The van der Waals surface area contributed by atoms with Gasteiger partial charge in [0.2, 0.25) is 0 Å². The lowest BCUT2D eigenvalue weighted by atomic mass is 9.47. The lowest BCUT2D eigenvalue weighted by molar-refractivity contribution is -0.149. The zero-order chi connectivity index (χ0) is 19.2. The number of hydrogen-bond donors (Lipinski definition) is 0. The number of ether oxygens (including phenoxy) is 2. The minimum atomic E-state index is -0.472. The molecule has 0 amide bonds. The summed E-state index contributed by atoms with van der Waals surface area (Å²) in [5.41, 5.74) is 1.30. The maximum absolute atomic E-state index is 12.5. The van der Waals surface area contributed by atoms with E-state index in [-0.39, 0.29) is 34.8 Å². The van der Waals surface area contributed by atoms with Crippen LogP contribution in [-0.4, -0.2) is 29.6 Å². The Balaban J connectivity index is 1.43. The van der Waals surface area contributed by atoms with E-state index in [1.54, 1.807) is 6.92 Å². The van der Waals surface area contributed by atoms with Crippen LogP contribution < -0.4 is 0 Å². The topological polar surface area (TPSA) is 55.9 Å². The van der Waals surface area contributed by atoms with Crippen LogP contribution in [0.3, 0.4) is 0 Å². The fourth-order valence-electron chi connectivity index (χ4n) is 8.03. The lowest BCUT2D eigenvalue weighted by Crippen LogP contribution is -2.54. The van der Waals surface area contributed by atoms with Crippen molar-refractivity contribution in [2.75, 3.05) is 0 Å². The normalized spacial score (nSPS) is 52.6. The third-order valence-corrected chi connectivity index (χ3v) is 9.34. The minimum absolute atomic E-state index is 0.0152. The zero-order valence-electron chi connectivity index (χ0n) is 17.0. The Morgan fingerprint density at radius 3 is 2.63 bits per heavy atom. The highest BCUT2D eigenvalue weighted by atomic mass is 16.6. The number of allylic oxidation sites excluding steroid dienone is 1. The summed E-state index contributed by atoms with van der Waals surface area (Å²) in [4.78, 5) is 23.8. The van der Waals surface area contributed by atoms with Crippen LogP contribution in [0, 0.1) is 28.6 Å². The molecule has 1 saturated heterocycles. The van der Waals surface area contributed by atoms with E-state index in [2.05, 4.69) is 19.9 Å². The monoisotopic (exact) mass is 372 g/mol. The molecule has 1 heterocycles. The van der Waals surface area contributed by atoms with Gasteiger partial charge in [-0.1, -0.05) is 25.5 Å². The van der Waals surface area contributed by atoms with E-state index in [1.807, 2.05) is 0 Å². The van der Waals surface area contributed by atoms with Crippen LogP contribution in [0.25, 0.3) is 0 Å². The van der Waals surface area contributed by atoms with Gasteiger partial charge in [-0.05, 0) is 68.6 Å². The Labute approximate surface area is 162 Å². The Hall–Kier alpha value is -1.16. The van der Waals surface area contributed by atoms with Crippen molar-refractivity contribution in [1.82, 2.24) is 0 Å². The van der Waals surface area contributed by atoms with Crippen molar-refractivity contribution < 1.29 is 19.1 Å². The fourth-order valence-corrected chi connectivity index (χ4v) is 8.03. The van der Waals surface area contributed by atoms with Crippen LogP contribution in [0.1, 0.15) is 72.6 Å². The lowest BCUT2D eigenvalue weighted by Gasteiger charge is -2.58. The average molecular weight is 373 g/mol. The molecule has 4 aliphatic carbocycles. The number of ketones is 1. The highest BCUT2D eigenvalue weighted by molar-refractivity contribution is 5.90. The van der Waals surface area contributed by atoms with Crippen molar-refractivity contribution in [3.8, 4) is 0 Å². The summed E-state index contributed by atoms with van der Waals surface area (Å²) in [5, 5.41) is 0. The van der Waals surface area contributed by atoms with Crippen LogP contribution in [-0.2, 0) is 19.1 Å². The second-order valence-electron chi connectivity index (χ2n) is 10.3. The van der Waals surface area contributed by atoms with Gasteiger partial charge in [-0.2, -0.15) is 0 Å². The maximum Gasteiger partial charge on any atom is 0.302 e. The van der Waals surface area contributed by atoms with E-state index < -0.39 is 5.60 Å². The molecule has 0 N–H and O–H groups in total. The molecule has 6 unspecified atom stereocenters. The Morgan fingerprint density at radius 1 is 1.15 bits per heavy atom. The van der Waals surface area contributed by atoms with Crippen molar-refractivity contribution in [1.29, 1.82) is 0 Å². The molecule has 0 aromatic rings. The van der Waals surface area contributed by atoms with Crippen LogP contribution >= 0.6 is 0 Å². The molecule has 0 radical (unpaired) electrons. The summed E-state index contributed by atoms with van der Waals surface area (Å²) in [6.07, 6.45) is 10.1. The van der Waals surface area contributed by atoms with Crippen molar-refractivity contribution in [2.45, 2.75) is 90.4 Å². The van der Waals surface area contributed by atoms with Crippen LogP contribution in [0.15, 0.2) is 11.6 Å². The van der Waals surface area contributed by atoms with E-state index >= 15 is 0 Å². The van der Waals surface area contributed by atoms with Gasteiger partial charge in [0, 0.05) is 18.8 Å². The summed E-state index contributed by atoms with van der Waals surface area (Å²) >= 11 is 0. The predicted molar refractivity (Wildman–Crippen MR) is 101 cm³/mol. The van der Waals surface area contributed by atoms with Gasteiger partial charge in [0.15, 0.2) is 11.4 Å². The van der Waals surface area contributed by atoms with Gasteiger partial charge < -0.3 is 9.47 Å². The number of rotatable bonds is 2. The third kappa shape index (κ3) is 2.14. The van der Waals surface area contributed by atoms with Crippen LogP contribution in [0.2, 0.25) is 0 Å². The Bertz CT molecular complexity index is 741. The van der Waals surface area contributed by atoms with Crippen molar-refractivity contribution in [2.24, 2.45) is 28.6 Å². The van der Waals surface area contributed by atoms with Gasteiger partial charge in [0.05, 0.1) is 6.10 Å². The number of carbonyl (C=O) groups is 2. The average Bonchev–Trinajstić information content (AvgIpc) is 3.27. The molecule has 1 aliphatic heterocycles. The van der Waals surface area contributed by atoms with Gasteiger partial charge in [0.25, 0.3) is 0 Å². The van der Waals surface area contributed by atoms with Crippen molar-refractivity contribution in [3.63, 3.8) is 0 Å². The molecule has 0 aromatic carbocycles. The number of Topliss-reactive ketones (excluding diaryl/α,β-unsaturated/α-hetero) is 1. The summed E-state index contributed by atoms with van der Waals surface area (Å²) < 4.78 is 11.6. The highest BCUT2D eigenvalue weighted by Gasteiger charge is 2.79. The van der Waals surface area contributed by atoms with E-state index in [0.29, 0.717) is 17.8 Å². The number of epoxide rings is 1. The Morgan fingerprint density at radius 2 is 1.93 bits per heavy atom. The molecule has 4 heteroatoms. The van der Waals surface area contributed by atoms with Gasteiger partial charge in [0.1, 0.15) is 6.10 Å². The van der Waals surface area contributed by atoms with E-state index in [4.69, 9.17) is 9.47 Å². The molecule has 4 nitrogen and oxygen atoms in total. The van der Waals surface area contributed by atoms with Crippen LogP contribution in [0.4, 0.5) is 0 Å². The fraction of sp³-hybridized carbons (Fsp3) is 0.826. The Kier molecular flexibility index (Phi) is 3.62. The smallest absolute Gasteiger partial charge is 0.302 e. The molecule has 3 saturated carbocycles. The summed E-state index contributed by atoms with van der Waals surface area (Å²) in [6, 6.07) is 0. The first kappa shape index (κ1) is 17.9. The first-order valence-corrected chi connectivity index (χ1v) is 10.8. The molecule has 4 fully saturated rings. The second kappa shape index (κ2) is 5.46. The molecule has 5 rings (SSSR count). The highest BCUT2D eigenvalue weighted by Crippen LogP contribution is 2.73. The van der Waals surface area contributed by atoms with Gasteiger partial charge in [-0.15, -0.1) is 0 Å². The molecule has 8 atom stereocenters. The van der Waals surface area contributed by atoms with Crippen LogP contribution in [0.5, 0.6) is 0 Å². The summed E-state index contributed by atoms with van der Waals surface area (Å²) in [6.45, 7) is 8.03. The van der Waals surface area contributed by atoms with Gasteiger partial charge >= 0.3 is 5.97 Å². The predicted octanol–water partition coefficient (Wildman–Crippen LogP) is 4.22. The number of esters is 1. The quantitative estimate of drug-likeness (QED) is 0.414. The molecule has 0 bridgehead atoms. The molecule has 5 aliphatic rings. The summed E-state index contributed by atoms with van der Waals surface area (Å²) in [7, 11) is 0. The van der Waals surface area contributed by atoms with E-state index in [9.17, 15) is 9.59 Å². The second-order valence-corrected chi connectivity index (χ2v) is 10.3. The first-order chi connectivity index (χ1) is 12.7. The van der Waals surface area contributed by atoms with Gasteiger partial charge in [-0.25, -0.2) is 0 Å². The standard InChI is InChI=1S/C23H32O4/c1-13(24)23-20(27-23)12-19-17-6-5-15-11-16(26-14(2)25)7-9-21(15,3)18(17)8-10-22(19,23)4/h5,16-20H,6-12H2,1-4H3/t16?,17?,18?,19?,20-,21?,22?,23-/m1/s1. The largest absolute Gasteiger partial charge is 0.462 e. The van der Waals surface area contributed by atoms with E-state index in [1.165, 1.54) is 18.9 Å². The molecular formula is C23H32O4. The number of carbonyl (C=O) groups excluding carboxylic acids is 2. The maximum atomic E-state index is 12.5. The summed E-state index contributed by atoms with van der Waals surface area (Å²) in [5.74, 6) is 2.03. The number of fused-ring (bicyclic) bond motifs is 7. The minimum Gasteiger partial charge on any atom is -0.462 e. The SMILES string of the molecule is CC(=O)OC1CCC2(C)C(=CCC3C2CCC2(C)C3C[C@H]3O[C@]32C(C)=O)C1. The molecular weight excluding hydrogens is 340 g/mol. The van der Waals surface area contributed by atoms with E-state index in [0.717, 1.165) is 38.5 Å². The van der Waals surface area contributed by atoms with Gasteiger partial charge in [-0.3, -0.25) is 9.59 Å². The third-order valence-electron chi connectivity index (χ3n) is 9.34. The molecule has 0 spiro atoms. The first-order valence-electron chi connectivity index (χ1n) is 10.8. The molecule has 148 valence electrons. The zero-order valence-corrected chi connectivity index (χ0v) is 17.0. The molecule has 0 aromatic heterocycles. The number of hydrogen-bond acceptors (Lipinski definition) is 4. The molecule has 27 heavy (non-hydrogen) atoms. The van der Waals surface area contributed by atoms with Crippen molar-refractivity contribution in [3.05, 3.63) is 11.6 Å². The van der Waals surface area contributed by atoms with Crippen molar-refractivity contribution >= 4 is 11.8 Å².